The molecule has 0 aromatic carbocycles. The average molecular weight is 511 g/mol. The zero-order valence-electron chi connectivity index (χ0n) is 20.9. The molecule has 1 aliphatic carbocycles. The number of carbonyl (C=O) groups is 2. The zero-order valence-corrected chi connectivity index (χ0v) is 21.8. The molecule has 1 spiro atoms. The lowest BCUT2D eigenvalue weighted by atomic mass is 9.89. The van der Waals surface area contributed by atoms with Crippen molar-refractivity contribution in [2.24, 2.45) is 0 Å². The number of nitrogens with one attached hydrogen (secondary N) is 2. The van der Waals surface area contributed by atoms with Crippen LogP contribution in [0.4, 0.5) is 11.5 Å². The predicted molar refractivity (Wildman–Crippen MR) is 138 cm³/mol. The number of carbonyl (C=O) groups excluding carboxylic acids is 2. The first-order valence-corrected chi connectivity index (χ1v) is 12.9. The summed E-state index contributed by atoms with van der Waals surface area (Å²) in [5.74, 6) is 0.145. The third-order valence-corrected chi connectivity index (χ3v) is 8.40. The van der Waals surface area contributed by atoms with Gasteiger partial charge >= 0.3 is 0 Å². The Labute approximate surface area is 212 Å². The molecule has 1 saturated carbocycles. The van der Waals surface area contributed by atoms with Gasteiger partial charge in [-0.05, 0) is 56.7 Å². The molecular formula is C25H30N6O4S. The summed E-state index contributed by atoms with van der Waals surface area (Å²) >= 11 is 1.30. The highest BCUT2D eigenvalue weighted by Gasteiger charge is 2.45. The third kappa shape index (κ3) is 3.86. The van der Waals surface area contributed by atoms with Crippen molar-refractivity contribution in [3.05, 3.63) is 44.4 Å². The molecule has 190 valence electrons. The van der Waals surface area contributed by atoms with Crippen LogP contribution >= 0.6 is 11.3 Å². The van der Waals surface area contributed by atoms with E-state index in [0.29, 0.717) is 45.4 Å². The Kier molecular flexibility index (Phi) is 6.29. The summed E-state index contributed by atoms with van der Waals surface area (Å²) in [7, 11) is 3.34. The molecule has 1 aliphatic heterocycles. The Morgan fingerprint density at radius 2 is 2.00 bits per heavy atom. The Balaban J connectivity index is 1.57. The second-order valence-corrected chi connectivity index (χ2v) is 10.6. The summed E-state index contributed by atoms with van der Waals surface area (Å²) in [6.45, 7) is 4.62. The second kappa shape index (κ2) is 9.29. The van der Waals surface area contributed by atoms with E-state index >= 15 is 0 Å². The van der Waals surface area contributed by atoms with E-state index in [1.807, 2.05) is 13.8 Å². The highest BCUT2D eigenvalue weighted by molar-refractivity contribution is 7.20. The maximum Gasteiger partial charge on any atom is 0.276 e. The first-order chi connectivity index (χ1) is 17.3. The van der Waals surface area contributed by atoms with Crippen LogP contribution < -0.4 is 16.2 Å². The normalized spacial score (nSPS) is 16.3. The number of hydrogen-bond acceptors (Lipinski definition) is 8. The maximum atomic E-state index is 13.8. The smallest absolute Gasteiger partial charge is 0.276 e. The topological polar surface area (TPSA) is 118 Å². The number of pyridine rings is 1. The van der Waals surface area contributed by atoms with Crippen molar-refractivity contribution in [3.63, 3.8) is 0 Å². The van der Waals surface area contributed by atoms with Gasteiger partial charge in [-0.3, -0.25) is 19.0 Å². The van der Waals surface area contributed by atoms with Gasteiger partial charge in [0.25, 0.3) is 17.4 Å². The number of aryl methyl sites for hydroxylation is 2. The van der Waals surface area contributed by atoms with Gasteiger partial charge < -0.3 is 20.3 Å². The van der Waals surface area contributed by atoms with Crippen LogP contribution in [0.5, 0.6) is 0 Å². The van der Waals surface area contributed by atoms with Gasteiger partial charge in [-0.1, -0.05) is 6.42 Å². The van der Waals surface area contributed by atoms with Crippen LogP contribution in [0, 0.1) is 13.8 Å². The first kappa shape index (κ1) is 24.4. The summed E-state index contributed by atoms with van der Waals surface area (Å²) in [5, 5.41) is 7.03. The lowest BCUT2D eigenvalue weighted by Gasteiger charge is -2.35. The molecule has 2 amide bonds. The summed E-state index contributed by atoms with van der Waals surface area (Å²) < 4.78 is 6.75. The molecule has 3 aromatic rings. The number of rotatable bonds is 6. The number of amides is 2. The van der Waals surface area contributed by atoms with Crippen molar-refractivity contribution >= 4 is 44.9 Å². The highest BCUT2D eigenvalue weighted by atomic mass is 32.1. The fourth-order valence-electron chi connectivity index (χ4n) is 5.34. The van der Waals surface area contributed by atoms with Crippen LogP contribution in [0.3, 0.4) is 0 Å². The molecule has 2 N–H and O–H groups in total. The lowest BCUT2D eigenvalue weighted by molar-refractivity contribution is 0.0748. The van der Waals surface area contributed by atoms with Crippen LogP contribution in [0.2, 0.25) is 0 Å². The standard InChI is InChI=1S/C25H30N6O4S/c1-14-12-16(23(33)31-18(14)21(32)29-25(31)8-6-5-7-9-25)28-20-17-15(2)19(36-22(17)27-13-26-20)24(34)30(3)10-11-35-4/h12-13H,5-11H2,1-4H3,(H,29,32)(H,26,27,28). The quantitative estimate of drug-likeness (QED) is 0.522. The minimum atomic E-state index is -0.671. The molecule has 10 nitrogen and oxygen atoms in total. The third-order valence-electron chi connectivity index (χ3n) is 7.21. The highest BCUT2D eigenvalue weighted by Crippen LogP contribution is 2.38. The molecule has 2 aliphatic rings. The zero-order chi connectivity index (χ0) is 25.6. The van der Waals surface area contributed by atoms with Crippen LogP contribution in [-0.2, 0) is 10.4 Å². The van der Waals surface area contributed by atoms with Crippen molar-refractivity contribution in [3.8, 4) is 0 Å². The number of nitrogens with zero attached hydrogens (tertiary/aromatic N) is 4. The van der Waals surface area contributed by atoms with Crippen LogP contribution in [0.25, 0.3) is 10.2 Å². The van der Waals surface area contributed by atoms with Crippen molar-refractivity contribution in [1.29, 1.82) is 0 Å². The molecule has 0 atom stereocenters. The van der Waals surface area contributed by atoms with Gasteiger partial charge in [0.2, 0.25) is 0 Å². The van der Waals surface area contributed by atoms with E-state index in [1.54, 1.807) is 29.7 Å². The SMILES string of the molecule is COCCN(C)C(=O)c1sc2ncnc(Nc3cc(C)c4n(c3=O)C3(CCCCC3)NC4=O)c2c1C. The molecule has 1 fully saturated rings. The van der Waals surface area contributed by atoms with Crippen molar-refractivity contribution in [2.45, 2.75) is 51.6 Å². The van der Waals surface area contributed by atoms with Gasteiger partial charge in [-0.15, -0.1) is 11.3 Å². The lowest BCUT2D eigenvalue weighted by Crippen LogP contribution is -2.48. The number of hydrogen-bond donors (Lipinski definition) is 2. The van der Waals surface area contributed by atoms with E-state index in [1.165, 1.54) is 17.7 Å². The second-order valence-electron chi connectivity index (χ2n) is 9.58. The summed E-state index contributed by atoms with van der Waals surface area (Å²) in [6.07, 6.45) is 5.90. The number of thiophene rings is 1. The molecule has 4 heterocycles. The minimum absolute atomic E-state index is 0.115. The van der Waals surface area contributed by atoms with E-state index < -0.39 is 5.66 Å². The van der Waals surface area contributed by atoms with Crippen LogP contribution in [-0.4, -0.2) is 58.6 Å². The minimum Gasteiger partial charge on any atom is -0.383 e. The Hall–Kier alpha value is -3.31. The number of fused-ring (bicyclic) bond motifs is 3. The van der Waals surface area contributed by atoms with E-state index in [0.717, 1.165) is 43.2 Å². The summed E-state index contributed by atoms with van der Waals surface area (Å²) in [6, 6.07) is 1.70. The van der Waals surface area contributed by atoms with Gasteiger partial charge in [0, 0.05) is 20.7 Å². The molecule has 11 heteroatoms. The molecule has 0 radical (unpaired) electrons. The number of anilines is 2. The number of likely N-dealkylation sites (N-methyl/N-ethyl adjacent to an activating group) is 1. The van der Waals surface area contributed by atoms with Gasteiger partial charge in [-0.25, -0.2) is 9.97 Å². The molecule has 0 saturated heterocycles. The molecule has 36 heavy (non-hydrogen) atoms. The Bertz CT molecular complexity index is 1420. The number of aromatic nitrogens is 3. The largest absolute Gasteiger partial charge is 0.383 e. The molecule has 0 unspecified atom stereocenters. The van der Waals surface area contributed by atoms with Crippen LogP contribution in [0.1, 0.15) is 63.4 Å². The number of methoxy groups -OCH3 is 1. The molecular weight excluding hydrogens is 480 g/mol. The number of ether oxygens (including phenoxy) is 1. The van der Waals surface area contributed by atoms with Crippen LogP contribution in [0.15, 0.2) is 17.2 Å². The van der Waals surface area contributed by atoms with Gasteiger partial charge in [-0.2, -0.15) is 0 Å². The summed E-state index contributed by atoms with van der Waals surface area (Å²) in [5.41, 5.74) is 1.32. The fraction of sp³-hybridized carbons (Fsp3) is 0.480. The van der Waals surface area contributed by atoms with Gasteiger partial charge in [0.05, 0.1) is 16.9 Å². The van der Waals surface area contributed by atoms with E-state index in [-0.39, 0.29) is 17.4 Å². The maximum absolute atomic E-state index is 13.8. The van der Waals surface area contributed by atoms with Gasteiger partial charge in [0.1, 0.15) is 34.0 Å². The van der Waals surface area contributed by atoms with Crippen molar-refractivity contribution < 1.29 is 14.3 Å². The van der Waals surface area contributed by atoms with Crippen molar-refractivity contribution in [2.75, 3.05) is 32.6 Å². The van der Waals surface area contributed by atoms with E-state index in [4.69, 9.17) is 4.74 Å². The Morgan fingerprint density at radius 1 is 1.25 bits per heavy atom. The molecule has 5 rings (SSSR count). The first-order valence-electron chi connectivity index (χ1n) is 12.1. The van der Waals surface area contributed by atoms with E-state index in [2.05, 4.69) is 20.6 Å². The average Bonchev–Trinajstić information content (AvgIpc) is 3.35. The van der Waals surface area contributed by atoms with Gasteiger partial charge in [0.15, 0.2) is 0 Å². The Morgan fingerprint density at radius 3 is 2.72 bits per heavy atom. The predicted octanol–water partition coefficient (Wildman–Crippen LogP) is 3.29. The summed E-state index contributed by atoms with van der Waals surface area (Å²) in [4.78, 5) is 51.3. The van der Waals surface area contributed by atoms with Crippen molar-refractivity contribution in [1.82, 2.24) is 24.8 Å². The fourth-order valence-corrected chi connectivity index (χ4v) is 6.48. The molecule has 0 bridgehead atoms. The molecule has 3 aromatic heterocycles. The van der Waals surface area contributed by atoms with E-state index in [9.17, 15) is 14.4 Å². The monoisotopic (exact) mass is 510 g/mol.